The minimum atomic E-state index is -0.842. The number of nitrogens with zero attached hydrogens (tertiary/aromatic N) is 4. The molecule has 42 heavy (non-hydrogen) atoms. The summed E-state index contributed by atoms with van der Waals surface area (Å²) in [5.41, 5.74) is 5.26. The summed E-state index contributed by atoms with van der Waals surface area (Å²) in [4.78, 5) is 18.6. The van der Waals surface area contributed by atoms with Crippen LogP contribution in [0.5, 0.6) is 0 Å². The summed E-state index contributed by atoms with van der Waals surface area (Å²) in [6, 6.07) is 17.7. The minimum Gasteiger partial charge on any atom is -0.481 e. The summed E-state index contributed by atoms with van der Waals surface area (Å²) >= 11 is 7.67. The van der Waals surface area contributed by atoms with Crippen LogP contribution in [0.2, 0.25) is 5.02 Å². The van der Waals surface area contributed by atoms with Crippen LogP contribution in [0, 0.1) is 6.92 Å². The lowest BCUT2D eigenvalue weighted by molar-refractivity contribution is -0.136. The van der Waals surface area contributed by atoms with Crippen molar-refractivity contribution in [2.24, 2.45) is 7.05 Å². The Morgan fingerprint density at radius 1 is 1.10 bits per heavy atom. The van der Waals surface area contributed by atoms with Crippen molar-refractivity contribution in [2.45, 2.75) is 39.7 Å². The molecule has 5 aromatic rings. The van der Waals surface area contributed by atoms with Gasteiger partial charge in [-0.25, -0.2) is 4.98 Å². The summed E-state index contributed by atoms with van der Waals surface area (Å²) in [7, 11) is 1.95. The van der Waals surface area contributed by atoms with Crippen LogP contribution in [-0.2, 0) is 23.0 Å². The van der Waals surface area contributed by atoms with Crippen LogP contribution in [0.15, 0.2) is 60.8 Å². The number of anilines is 1. The van der Waals surface area contributed by atoms with Gasteiger partial charge in [0.25, 0.3) is 0 Å². The van der Waals surface area contributed by atoms with Crippen LogP contribution in [0.25, 0.3) is 32.2 Å². The summed E-state index contributed by atoms with van der Waals surface area (Å²) in [6.45, 7) is 10.2. The number of thiazole rings is 1. The number of carboxylic acids is 1. The van der Waals surface area contributed by atoms with E-state index in [1.807, 2.05) is 67.3 Å². The number of carbonyl (C=O) groups is 1. The smallest absolute Gasteiger partial charge is 0.307 e. The molecule has 1 fully saturated rings. The molecule has 0 bridgehead atoms. The Balaban J connectivity index is 0.000000221. The number of fused-ring (bicyclic) bond motifs is 2. The van der Waals surface area contributed by atoms with E-state index in [-0.39, 0.29) is 6.42 Å². The zero-order valence-electron chi connectivity index (χ0n) is 24.6. The predicted octanol–water partition coefficient (Wildman–Crippen LogP) is 6.74. The topological polar surface area (TPSA) is 101 Å². The maximum absolute atomic E-state index is 11.5. The number of hydrogen-bond donors (Lipinski definition) is 2. The van der Waals surface area contributed by atoms with E-state index < -0.39 is 11.6 Å². The van der Waals surface area contributed by atoms with E-state index >= 15 is 0 Å². The third-order valence-electron chi connectivity index (χ3n) is 6.40. The zero-order chi connectivity index (χ0) is 30.4. The van der Waals surface area contributed by atoms with Gasteiger partial charge in [0.1, 0.15) is 0 Å². The Morgan fingerprint density at radius 2 is 1.74 bits per heavy atom. The van der Waals surface area contributed by atoms with Crippen molar-refractivity contribution in [2.75, 3.05) is 31.2 Å². The van der Waals surface area contributed by atoms with E-state index in [0.29, 0.717) is 18.2 Å². The number of carboxylic acid groups (broad SMARTS) is 1. The largest absolute Gasteiger partial charge is 0.481 e. The number of aromatic nitrogens is 3. The molecule has 0 atom stereocenters. The van der Waals surface area contributed by atoms with E-state index in [2.05, 4.69) is 22.1 Å². The predicted molar refractivity (Wildman–Crippen MR) is 172 cm³/mol. The second kappa shape index (κ2) is 13.6. The van der Waals surface area contributed by atoms with E-state index in [1.165, 1.54) is 10.9 Å². The van der Waals surface area contributed by atoms with Gasteiger partial charge in [0.15, 0.2) is 5.13 Å². The highest BCUT2D eigenvalue weighted by molar-refractivity contribution is 7.22. The molecule has 0 radical (unpaired) electrons. The van der Waals surface area contributed by atoms with Gasteiger partial charge in [0.2, 0.25) is 0 Å². The van der Waals surface area contributed by atoms with E-state index in [4.69, 9.17) is 26.4 Å². The highest BCUT2D eigenvalue weighted by Crippen LogP contribution is 2.41. The fourth-order valence-electron chi connectivity index (χ4n) is 4.52. The summed E-state index contributed by atoms with van der Waals surface area (Å²) in [5.74, 6) is -0.842. The molecule has 8 nitrogen and oxygen atoms in total. The maximum Gasteiger partial charge on any atom is 0.307 e. The van der Waals surface area contributed by atoms with Crippen molar-refractivity contribution in [1.29, 1.82) is 0 Å². The second-order valence-electron chi connectivity index (χ2n) is 11.1. The highest BCUT2D eigenvalue weighted by Gasteiger charge is 2.21. The number of rotatable bonds is 4. The lowest BCUT2D eigenvalue weighted by Gasteiger charge is -2.25. The molecule has 0 amide bonds. The molecule has 1 saturated heterocycles. The van der Waals surface area contributed by atoms with Gasteiger partial charge in [0, 0.05) is 36.1 Å². The van der Waals surface area contributed by atoms with Crippen LogP contribution < -0.4 is 4.90 Å². The quantitative estimate of drug-likeness (QED) is 0.233. The number of aliphatic carboxylic acids is 1. The van der Waals surface area contributed by atoms with Crippen LogP contribution in [0.1, 0.15) is 31.9 Å². The van der Waals surface area contributed by atoms with Gasteiger partial charge >= 0.3 is 5.97 Å². The number of morpholine rings is 1. The Kier molecular flexibility index (Phi) is 10.2. The van der Waals surface area contributed by atoms with Crippen LogP contribution in [0.4, 0.5) is 5.13 Å². The molecule has 0 aliphatic carbocycles. The van der Waals surface area contributed by atoms with Crippen molar-refractivity contribution < 1.29 is 19.7 Å². The molecule has 2 aromatic heterocycles. The Labute approximate surface area is 255 Å². The van der Waals surface area contributed by atoms with E-state index in [9.17, 15) is 9.90 Å². The van der Waals surface area contributed by atoms with Crippen molar-refractivity contribution >= 4 is 55.2 Å². The maximum atomic E-state index is 11.5. The molecule has 0 saturated carbocycles. The van der Waals surface area contributed by atoms with Gasteiger partial charge in [0.05, 0.1) is 47.2 Å². The first-order valence-corrected chi connectivity index (χ1v) is 14.9. The van der Waals surface area contributed by atoms with E-state index in [0.717, 1.165) is 50.7 Å². The molecule has 0 unspecified atom stereocenters. The monoisotopic (exact) mass is 608 g/mol. The number of para-hydroxylation sites is 1. The lowest BCUT2D eigenvalue weighted by atomic mass is 9.93. The summed E-state index contributed by atoms with van der Waals surface area (Å²) < 4.78 is 8.32. The molecular weight excluding hydrogens is 572 g/mol. The molecule has 3 heterocycles. The van der Waals surface area contributed by atoms with Crippen molar-refractivity contribution in [3.63, 3.8) is 0 Å². The van der Waals surface area contributed by atoms with Gasteiger partial charge in [-0.15, -0.1) is 0 Å². The lowest BCUT2D eigenvalue weighted by Crippen LogP contribution is -2.36. The third-order valence-corrected chi connectivity index (χ3v) is 7.80. The van der Waals surface area contributed by atoms with Crippen molar-refractivity contribution in [1.82, 2.24) is 14.8 Å². The molecule has 6 rings (SSSR count). The van der Waals surface area contributed by atoms with Gasteiger partial charge in [-0.1, -0.05) is 53.3 Å². The van der Waals surface area contributed by atoms with Gasteiger partial charge in [-0.2, -0.15) is 5.10 Å². The first kappa shape index (κ1) is 31.4. The SMILES string of the molecule is CC(C)(C)O.Cc1cc2nc(N3CCOCC3)sc2c(-c2ccc(Cl)cc2)c1CC(=O)O.Cn1ncc2ccccc21. The van der Waals surface area contributed by atoms with Crippen LogP contribution in [-0.4, -0.2) is 62.9 Å². The molecule has 3 aromatic carbocycles. The fourth-order valence-corrected chi connectivity index (χ4v) is 5.83. The highest BCUT2D eigenvalue weighted by atomic mass is 35.5. The van der Waals surface area contributed by atoms with Crippen molar-refractivity contribution in [3.05, 3.63) is 76.9 Å². The van der Waals surface area contributed by atoms with Crippen molar-refractivity contribution in [3.8, 4) is 11.1 Å². The van der Waals surface area contributed by atoms with Gasteiger partial charge in [-0.05, 0) is 68.7 Å². The van der Waals surface area contributed by atoms with E-state index in [1.54, 1.807) is 32.1 Å². The number of benzene rings is 3. The molecule has 10 heteroatoms. The molecule has 2 N–H and O–H groups in total. The number of ether oxygens (including phenoxy) is 1. The molecule has 1 aliphatic heterocycles. The first-order chi connectivity index (χ1) is 19.9. The molecule has 1 aliphatic rings. The third kappa shape index (κ3) is 8.29. The first-order valence-electron chi connectivity index (χ1n) is 13.7. The average molecular weight is 609 g/mol. The molecule has 222 valence electrons. The normalized spacial score (nSPS) is 13.4. The number of aliphatic hydroxyl groups is 1. The zero-order valence-corrected chi connectivity index (χ0v) is 26.2. The molecule has 0 spiro atoms. The number of hydrogen-bond acceptors (Lipinski definition) is 7. The van der Waals surface area contributed by atoms with Gasteiger partial charge in [-0.3, -0.25) is 9.48 Å². The Bertz CT molecular complexity index is 1650. The Morgan fingerprint density at radius 3 is 2.36 bits per heavy atom. The summed E-state index contributed by atoms with van der Waals surface area (Å²) in [5, 5.41) is 24.9. The molecular formula is C32H37ClN4O4S. The number of halogens is 1. The standard InChI is InChI=1S/C20H19ClN2O3S.C8H8N2.C4H10O/c1-12-10-16-19(27-20(22-16)23-6-8-26-9-7-23)18(15(12)11-17(24)25)13-2-4-14(21)5-3-13;1-10-8-5-3-2-4-7(8)6-9-10;1-4(2,3)5/h2-5,10H,6-9,11H2,1H3,(H,24,25);2-6H,1H3;5H,1-3H3. The summed E-state index contributed by atoms with van der Waals surface area (Å²) in [6.07, 6.45) is 1.85. The van der Waals surface area contributed by atoms with Crippen LogP contribution in [0.3, 0.4) is 0 Å². The van der Waals surface area contributed by atoms with Crippen LogP contribution >= 0.6 is 22.9 Å². The fraction of sp³-hybridized carbons (Fsp3) is 0.344. The van der Waals surface area contributed by atoms with Gasteiger partial charge < -0.3 is 19.8 Å². The number of aryl methyl sites for hydroxylation is 2. The second-order valence-corrected chi connectivity index (χ2v) is 12.5. The average Bonchev–Trinajstić information content (AvgIpc) is 3.53. The Hall–Kier alpha value is -3.50. The minimum absolute atomic E-state index is 0.0233.